The van der Waals surface area contributed by atoms with E-state index in [4.69, 9.17) is 15.9 Å². The Morgan fingerprint density at radius 3 is 2.25 bits per heavy atom. The molecule has 2 rings (SSSR count). The molecule has 4 heteroatoms. The summed E-state index contributed by atoms with van der Waals surface area (Å²) in [5, 5.41) is 25.2. The molecule has 16 heavy (non-hydrogen) atoms. The first-order valence-corrected chi connectivity index (χ1v) is 4.48. The lowest BCUT2D eigenvalue weighted by Gasteiger charge is -1.97. The van der Waals surface area contributed by atoms with Gasteiger partial charge in [-0.1, -0.05) is 24.3 Å². The van der Waals surface area contributed by atoms with Gasteiger partial charge in [0, 0.05) is 11.1 Å². The van der Waals surface area contributed by atoms with Crippen LogP contribution in [0.5, 0.6) is 0 Å². The van der Waals surface area contributed by atoms with Gasteiger partial charge in [0.2, 0.25) is 5.78 Å². The van der Waals surface area contributed by atoms with Crippen LogP contribution in [0, 0.1) is 28.1 Å². The van der Waals surface area contributed by atoms with Crippen LogP contribution in [-0.4, -0.2) is 11.5 Å². The third kappa shape index (κ3) is 1.14. The number of rotatable bonds is 0. The summed E-state index contributed by atoms with van der Waals surface area (Å²) < 4.78 is 0. The van der Waals surface area contributed by atoms with Crippen molar-refractivity contribution in [1.82, 2.24) is 0 Å². The first kappa shape index (κ1) is 9.82. The highest BCUT2D eigenvalue weighted by Gasteiger charge is 2.32. The van der Waals surface area contributed by atoms with E-state index in [-0.39, 0.29) is 16.9 Å². The molecule has 0 saturated heterocycles. The van der Waals surface area contributed by atoms with Crippen LogP contribution in [0.15, 0.2) is 29.8 Å². The quantitative estimate of drug-likeness (QED) is 0.656. The number of hydrogen-bond donors (Lipinski definition) is 1. The highest BCUT2D eigenvalue weighted by molar-refractivity contribution is 6.64. The van der Waals surface area contributed by atoms with Gasteiger partial charge < -0.3 is 0 Å². The van der Waals surface area contributed by atoms with Crippen LogP contribution in [0.1, 0.15) is 15.9 Å². The molecule has 1 aromatic rings. The number of fused-ring (bicyclic) bond motifs is 1. The molecular weight excluding hydrogens is 202 g/mol. The zero-order valence-electron chi connectivity index (χ0n) is 8.11. The second-order valence-corrected chi connectivity index (χ2v) is 3.22. The second-order valence-electron chi connectivity index (χ2n) is 3.22. The summed E-state index contributed by atoms with van der Waals surface area (Å²) >= 11 is 0. The van der Waals surface area contributed by atoms with Crippen LogP contribution in [0.4, 0.5) is 0 Å². The molecule has 0 spiro atoms. The molecule has 0 radical (unpaired) electrons. The molecule has 4 nitrogen and oxygen atoms in total. The Hall–Kier alpha value is -2.72. The summed E-state index contributed by atoms with van der Waals surface area (Å²) in [6.45, 7) is 0. The van der Waals surface area contributed by atoms with Gasteiger partial charge in [-0.2, -0.15) is 10.5 Å². The van der Waals surface area contributed by atoms with Crippen molar-refractivity contribution < 1.29 is 4.79 Å². The molecule has 0 aliphatic heterocycles. The Morgan fingerprint density at radius 1 is 1.12 bits per heavy atom. The Kier molecular flexibility index (Phi) is 2.12. The first-order valence-electron chi connectivity index (χ1n) is 4.48. The lowest BCUT2D eigenvalue weighted by atomic mass is 10.0. The van der Waals surface area contributed by atoms with E-state index in [9.17, 15) is 4.79 Å². The molecule has 1 N–H and O–H groups in total. The molecule has 74 valence electrons. The van der Waals surface area contributed by atoms with Crippen LogP contribution in [0.25, 0.3) is 5.57 Å². The van der Waals surface area contributed by atoms with Crippen LogP contribution in [0.2, 0.25) is 0 Å². The Morgan fingerprint density at radius 2 is 1.69 bits per heavy atom. The fourth-order valence-corrected chi connectivity index (χ4v) is 1.68. The molecule has 0 heterocycles. The van der Waals surface area contributed by atoms with E-state index in [2.05, 4.69) is 0 Å². The largest absolute Gasteiger partial charge is 0.296 e. The lowest BCUT2D eigenvalue weighted by Crippen LogP contribution is -2.05. The Bertz CT molecular complexity index is 610. The van der Waals surface area contributed by atoms with Crippen LogP contribution >= 0.6 is 0 Å². The van der Waals surface area contributed by atoms with E-state index >= 15 is 0 Å². The fraction of sp³-hybridized carbons (Fsp3) is 0. The monoisotopic (exact) mass is 207 g/mol. The van der Waals surface area contributed by atoms with Gasteiger partial charge >= 0.3 is 0 Å². The van der Waals surface area contributed by atoms with Crippen molar-refractivity contribution in [1.29, 1.82) is 15.9 Å². The van der Waals surface area contributed by atoms with Gasteiger partial charge in [-0.25, -0.2) is 0 Å². The van der Waals surface area contributed by atoms with Gasteiger partial charge in [0.25, 0.3) is 0 Å². The maximum atomic E-state index is 11.7. The SMILES string of the molecule is N#CC(C#N)=C1C(=N)C(=O)c2ccccc21. The maximum Gasteiger partial charge on any atom is 0.211 e. The van der Waals surface area contributed by atoms with Crippen molar-refractivity contribution in [3.63, 3.8) is 0 Å². The van der Waals surface area contributed by atoms with Gasteiger partial charge in [-0.15, -0.1) is 0 Å². The minimum atomic E-state index is -0.436. The maximum absolute atomic E-state index is 11.7. The molecule has 0 atom stereocenters. The molecule has 1 aromatic carbocycles. The summed E-state index contributed by atoms with van der Waals surface area (Å²) in [6.07, 6.45) is 0. The molecular formula is C12H5N3O. The predicted octanol–water partition coefficient (Wildman–Crippen LogP) is 1.70. The van der Waals surface area contributed by atoms with Crippen LogP contribution in [-0.2, 0) is 0 Å². The third-order valence-corrected chi connectivity index (χ3v) is 2.39. The number of nitriles is 2. The predicted molar refractivity (Wildman–Crippen MR) is 56.6 cm³/mol. The van der Waals surface area contributed by atoms with Gasteiger partial charge in [-0.05, 0) is 5.56 Å². The smallest absolute Gasteiger partial charge is 0.211 e. The molecule has 0 aromatic heterocycles. The van der Waals surface area contributed by atoms with Crippen molar-refractivity contribution in [2.24, 2.45) is 0 Å². The number of carbonyl (C=O) groups is 1. The normalized spacial score (nSPS) is 13.0. The molecule has 0 fully saturated rings. The first-order chi connectivity index (χ1) is 7.70. The third-order valence-electron chi connectivity index (χ3n) is 2.39. The van der Waals surface area contributed by atoms with E-state index in [0.717, 1.165) is 0 Å². The van der Waals surface area contributed by atoms with Gasteiger partial charge in [-0.3, -0.25) is 10.2 Å². The zero-order chi connectivity index (χ0) is 11.7. The average Bonchev–Trinajstić information content (AvgIpc) is 2.57. The van der Waals surface area contributed by atoms with Crippen molar-refractivity contribution in [2.75, 3.05) is 0 Å². The number of hydrogen-bond acceptors (Lipinski definition) is 4. The van der Waals surface area contributed by atoms with E-state index < -0.39 is 5.78 Å². The molecule has 1 aliphatic rings. The number of ketones is 1. The van der Waals surface area contributed by atoms with E-state index in [1.165, 1.54) is 0 Å². The van der Waals surface area contributed by atoms with Crippen molar-refractivity contribution in [3.8, 4) is 12.1 Å². The summed E-state index contributed by atoms with van der Waals surface area (Å²) in [4.78, 5) is 11.7. The van der Waals surface area contributed by atoms with Gasteiger partial charge in [0.1, 0.15) is 23.4 Å². The highest BCUT2D eigenvalue weighted by Crippen LogP contribution is 2.31. The van der Waals surface area contributed by atoms with Gasteiger partial charge in [0.05, 0.1) is 0 Å². The average molecular weight is 207 g/mol. The van der Waals surface area contributed by atoms with Gasteiger partial charge in [0.15, 0.2) is 0 Å². The van der Waals surface area contributed by atoms with Crippen LogP contribution in [0.3, 0.4) is 0 Å². The zero-order valence-corrected chi connectivity index (χ0v) is 8.11. The Labute approximate surface area is 91.6 Å². The molecule has 1 aliphatic carbocycles. The number of Topliss-reactive ketones (excluding diaryl/α,β-unsaturated/α-hetero) is 1. The highest BCUT2D eigenvalue weighted by atomic mass is 16.1. The van der Waals surface area contributed by atoms with Crippen molar-refractivity contribution >= 4 is 17.1 Å². The van der Waals surface area contributed by atoms with E-state index in [1.807, 2.05) is 0 Å². The number of nitrogens with zero attached hydrogens (tertiary/aromatic N) is 2. The lowest BCUT2D eigenvalue weighted by molar-refractivity contribution is 0.106. The number of benzene rings is 1. The standard InChI is InChI=1S/C12H5N3O/c13-5-7(6-14)10-8-3-1-2-4-9(8)12(16)11(10)15/h1-4,15H. The van der Waals surface area contributed by atoms with E-state index in [0.29, 0.717) is 11.1 Å². The Balaban J connectivity index is 2.84. The van der Waals surface area contributed by atoms with Crippen molar-refractivity contribution in [2.45, 2.75) is 0 Å². The van der Waals surface area contributed by atoms with Crippen LogP contribution < -0.4 is 0 Å². The van der Waals surface area contributed by atoms with Crippen molar-refractivity contribution in [3.05, 3.63) is 41.0 Å². The van der Waals surface area contributed by atoms with E-state index in [1.54, 1.807) is 36.4 Å². The molecule has 0 bridgehead atoms. The topological polar surface area (TPSA) is 88.5 Å². The number of allylic oxidation sites excluding steroid dienone is 2. The molecule has 0 amide bonds. The number of nitrogens with one attached hydrogen (secondary N) is 1. The summed E-state index contributed by atoms with van der Waals surface area (Å²) in [7, 11) is 0. The minimum absolute atomic E-state index is 0.144. The summed E-state index contributed by atoms with van der Waals surface area (Å²) in [5.41, 5.74) is 0.550. The molecule has 0 unspecified atom stereocenters. The number of carbonyl (C=O) groups excluding carboxylic acids is 1. The second kappa shape index (κ2) is 3.45. The summed E-state index contributed by atoms with van der Waals surface area (Å²) in [5.74, 6) is -0.436. The fourth-order valence-electron chi connectivity index (χ4n) is 1.68. The molecule has 0 saturated carbocycles. The minimum Gasteiger partial charge on any atom is -0.296 e. The summed E-state index contributed by atoms with van der Waals surface area (Å²) in [6, 6.07) is 10.0.